The molecule has 12 heteroatoms. The number of benzene rings is 1. The molecule has 0 unspecified atom stereocenters. The maximum atomic E-state index is 12.6. The van der Waals surface area contributed by atoms with Gasteiger partial charge in [-0.1, -0.05) is 30.3 Å². The van der Waals surface area contributed by atoms with Gasteiger partial charge in [0.2, 0.25) is 0 Å². The average molecular weight is 466 g/mol. The molecule has 3 aromatic rings. The fraction of sp³-hybridized carbons (Fsp3) is 0.136. The third kappa shape index (κ3) is 6.32. The minimum Gasteiger partial charge on any atom is -0.480 e. The molecular weight excluding hydrogens is 444 g/mol. The van der Waals surface area contributed by atoms with Crippen molar-refractivity contribution in [2.24, 2.45) is 16.5 Å². The lowest BCUT2D eigenvalue weighted by molar-refractivity contribution is -0.139. The summed E-state index contributed by atoms with van der Waals surface area (Å²) >= 11 is 0. The van der Waals surface area contributed by atoms with Crippen LogP contribution in [0.2, 0.25) is 0 Å². The van der Waals surface area contributed by atoms with Gasteiger partial charge in [-0.15, -0.1) is 0 Å². The van der Waals surface area contributed by atoms with E-state index in [-0.39, 0.29) is 18.1 Å². The molecule has 0 spiro atoms. The fourth-order valence-corrected chi connectivity index (χ4v) is 2.98. The van der Waals surface area contributed by atoms with E-state index in [4.69, 9.17) is 16.2 Å². The monoisotopic (exact) mass is 466 g/mol. The van der Waals surface area contributed by atoms with Crippen molar-refractivity contribution in [3.05, 3.63) is 82.3 Å². The Morgan fingerprint density at radius 2 is 1.82 bits per heavy atom. The second-order valence-electron chi connectivity index (χ2n) is 7.11. The van der Waals surface area contributed by atoms with Gasteiger partial charge in [0.25, 0.3) is 11.5 Å². The Hall–Kier alpha value is -4.87. The predicted octanol–water partition coefficient (Wildman–Crippen LogP) is 0.314. The molecule has 34 heavy (non-hydrogen) atoms. The van der Waals surface area contributed by atoms with Crippen LogP contribution in [-0.4, -0.2) is 46.0 Å². The van der Waals surface area contributed by atoms with E-state index >= 15 is 0 Å². The Morgan fingerprint density at radius 1 is 1.09 bits per heavy atom. The van der Waals surface area contributed by atoms with Gasteiger partial charge < -0.3 is 31.9 Å². The zero-order valence-corrected chi connectivity index (χ0v) is 17.8. The number of hydrogen-bond acceptors (Lipinski definition) is 6. The van der Waals surface area contributed by atoms with Crippen molar-refractivity contribution in [1.29, 1.82) is 0 Å². The smallest absolute Gasteiger partial charge is 0.408 e. The quantitative estimate of drug-likeness (QED) is 0.231. The number of nitrogens with one attached hydrogen (secondary N) is 2. The van der Waals surface area contributed by atoms with E-state index in [0.29, 0.717) is 11.2 Å². The summed E-state index contributed by atoms with van der Waals surface area (Å²) in [5, 5.41) is 13.9. The number of rotatable bonds is 8. The first-order chi connectivity index (χ1) is 16.2. The standard InChI is InChI=1S/C22H22N6O6/c23-21(24)26-15-6-7-28-16(10-15)8-14(9-18(28)29)19(30)25-11-17(20(31)32)27-22(33)34-12-13-4-2-1-3-5-13/h1-10,17H,11-12H2,(H,25,30)(H,27,33)(H,31,32)(H4,23,24,26)/t17-/m0/s1. The third-order valence-electron chi connectivity index (χ3n) is 4.58. The molecule has 1 atom stereocenters. The highest BCUT2D eigenvalue weighted by Gasteiger charge is 2.22. The molecule has 0 radical (unpaired) electrons. The fourth-order valence-electron chi connectivity index (χ4n) is 2.98. The minimum atomic E-state index is -1.46. The lowest BCUT2D eigenvalue weighted by Gasteiger charge is -2.15. The number of ether oxygens (including phenoxy) is 1. The Kier molecular flexibility index (Phi) is 7.44. The van der Waals surface area contributed by atoms with Gasteiger partial charge in [-0.25, -0.2) is 14.6 Å². The summed E-state index contributed by atoms with van der Waals surface area (Å²) in [7, 11) is 0. The van der Waals surface area contributed by atoms with Gasteiger partial charge in [-0.3, -0.25) is 14.0 Å². The number of aromatic nitrogens is 1. The molecule has 12 nitrogen and oxygen atoms in total. The number of carbonyl (C=O) groups is 3. The van der Waals surface area contributed by atoms with Gasteiger partial charge in [-0.2, -0.15) is 0 Å². The number of carboxylic acid groups (broad SMARTS) is 1. The summed E-state index contributed by atoms with van der Waals surface area (Å²) in [5.41, 5.74) is 11.7. The molecule has 0 saturated heterocycles. The van der Waals surface area contributed by atoms with Gasteiger partial charge >= 0.3 is 12.1 Å². The molecule has 1 aromatic carbocycles. The lowest BCUT2D eigenvalue weighted by Crippen LogP contribution is -2.48. The van der Waals surface area contributed by atoms with Gasteiger partial charge in [-0.05, 0) is 23.8 Å². The van der Waals surface area contributed by atoms with Crippen LogP contribution in [0.3, 0.4) is 0 Å². The summed E-state index contributed by atoms with van der Waals surface area (Å²) in [5.74, 6) is -2.26. The van der Waals surface area contributed by atoms with Crippen LogP contribution in [0, 0.1) is 0 Å². The number of aliphatic imine (C=N–C) groups is 1. The number of hydrogen-bond donors (Lipinski definition) is 5. The van der Waals surface area contributed by atoms with Crippen molar-refractivity contribution in [3.63, 3.8) is 0 Å². The summed E-state index contributed by atoms with van der Waals surface area (Å²) in [6, 6.07) is 12.9. The maximum Gasteiger partial charge on any atom is 0.408 e. The van der Waals surface area contributed by atoms with E-state index in [1.54, 1.807) is 30.3 Å². The van der Waals surface area contributed by atoms with Crippen LogP contribution in [0.25, 0.3) is 5.52 Å². The lowest BCUT2D eigenvalue weighted by atomic mass is 10.2. The minimum absolute atomic E-state index is 0.0114. The van der Waals surface area contributed by atoms with E-state index in [9.17, 15) is 24.3 Å². The van der Waals surface area contributed by atoms with Crippen LogP contribution in [-0.2, 0) is 16.1 Å². The van der Waals surface area contributed by atoms with Gasteiger partial charge in [0.15, 0.2) is 5.96 Å². The Bertz CT molecular complexity index is 1300. The SMILES string of the molecule is NC(N)=Nc1ccn2c(=O)cc(C(=O)NC[C@H](NC(=O)OCc3ccccc3)C(=O)O)cc2c1. The molecule has 0 bridgehead atoms. The van der Waals surface area contributed by atoms with Gasteiger partial charge in [0, 0.05) is 24.4 Å². The zero-order chi connectivity index (χ0) is 24.7. The number of nitrogens with two attached hydrogens (primary N) is 2. The van der Waals surface area contributed by atoms with Crippen LogP contribution in [0.15, 0.2) is 70.6 Å². The zero-order valence-electron chi connectivity index (χ0n) is 17.8. The van der Waals surface area contributed by atoms with Crippen LogP contribution < -0.4 is 27.7 Å². The molecule has 176 valence electrons. The second kappa shape index (κ2) is 10.6. The molecule has 0 aliphatic carbocycles. The topological polar surface area (TPSA) is 191 Å². The summed E-state index contributed by atoms with van der Waals surface area (Å²) < 4.78 is 6.29. The highest BCUT2D eigenvalue weighted by Crippen LogP contribution is 2.15. The molecule has 0 fully saturated rings. The van der Waals surface area contributed by atoms with E-state index in [0.717, 1.165) is 11.6 Å². The molecule has 0 aliphatic heterocycles. The van der Waals surface area contributed by atoms with Crippen molar-refractivity contribution >= 4 is 35.1 Å². The number of nitrogens with zero attached hydrogens (tertiary/aromatic N) is 2. The molecule has 2 amide bonds. The molecule has 7 N–H and O–H groups in total. The van der Waals surface area contributed by atoms with Crippen LogP contribution in [0.4, 0.5) is 10.5 Å². The normalized spacial score (nSPS) is 11.3. The number of amides is 2. The summed E-state index contributed by atoms with van der Waals surface area (Å²) in [6.45, 7) is -0.490. The molecule has 0 saturated carbocycles. The van der Waals surface area contributed by atoms with Crippen molar-refractivity contribution in [2.75, 3.05) is 6.54 Å². The Morgan fingerprint density at radius 3 is 2.50 bits per heavy atom. The van der Waals surface area contributed by atoms with Crippen LogP contribution in [0.5, 0.6) is 0 Å². The number of guanidine groups is 1. The van der Waals surface area contributed by atoms with E-state index in [1.165, 1.54) is 28.8 Å². The average Bonchev–Trinajstić information content (AvgIpc) is 2.80. The maximum absolute atomic E-state index is 12.6. The first-order valence-electron chi connectivity index (χ1n) is 9.97. The Labute approximate surface area is 192 Å². The third-order valence-corrected chi connectivity index (χ3v) is 4.58. The molecule has 2 heterocycles. The first-order valence-corrected chi connectivity index (χ1v) is 9.97. The second-order valence-corrected chi connectivity index (χ2v) is 7.11. The highest BCUT2D eigenvalue weighted by molar-refractivity contribution is 5.95. The van der Waals surface area contributed by atoms with Crippen molar-refractivity contribution < 1.29 is 24.2 Å². The highest BCUT2D eigenvalue weighted by atomic mass is 16.5. The number of pyridine rings is 2. The number of carbonyl (C=O) groups excluding carboxylic acids is 2. The largest absolute Gasteiger partial charge is 0.480 e. The van der Waals surface area contributed by atoms with Gasteiger partial charge in [0.1, 0.15) is 12.6 Å². The predicted molar refractivity (Wildman–Crippen MR) is 123 cm³/mol. The van der Waals surface area contributed by atoms with Crippen LogP contribution in [0.1, 0.15) is 15.9 Å². The number of aliphatic carboxylic acids is 1. The molecular formula is C22H22N6O6. The van der Waals surface area contributed by atoms with E-state index in [2.05, 4.69) is 15.6 Å². The first kappa shape index (κ1) is 23.8. The molecule has 0 aliphatic rings. The van der Waals surface area contributed by atoms with Crippen LogP contribution >= 0.6 is 0 Å². The summed E-state index contributed by atoms with van der Waals surface area (Å²) in [6.07, 6.45) is 0.494. The molecule has 2 aromatic heterocycles. The number of carboxylic acids is 1. The molecule has 3 rings (SSSR count). The number of alkyl carbamates (subject to hydrolysis) is 1. The van der Waals surface area contributed by atoms with E-state index in [1.807, 2.05) is 0 Å². The van der Waals surface area contributed by atoms with Crippen molar-refractivity contribution in [3.8, 4) is 0 Å². The van der Waals surface area contributed by atoms with E-state index < -0.39 is 36.1 Å². The van der Waals surface area contributed by atoms with Crippen molar-refractivity contribution in [1.82, 2.24) is 15.0 Å². The van der Waals surface area contributed by atoms with Crippen molar-refractivity contribution in [2.45, 2.75) is 12.6 Å². The number of fused-ring (bicyclic) bond motifs is 1. The Balaban J connectivity index is 1.66. The summed E-state index contributed by atoms with van der Waals surface area (Å²) in [4.78, 5) is 52.3. The van der Waals surface area contributed by atoms with Gasteiger partial charge in [0.05, 0.1) is 11.2 Å².